The normalized spacial score (nSPS) is 19.1. The van der Waals surface area contributed by atoms with Crippen molar-refractivity contribution >= 4 is 17.9 Å². The molecule has 7 heteroatoms. The number of thioether (sulfide) groups is 1. The molecule has 2 atom stereocenters. The fraction of sp³-hybridized carbons (Fsp3) is 0.400. The summed E-state index contributed by atoms with van der Waals surface area (Å²) in [5.74, 6) is -0.406. The van der Waals surface area contributed by atoms with Crippen LogP contribution in [0.15, 0.2) is 35.4 Å². The molecule has 0 aliphatic carbocycles. The van der Waals surface area contributed by atoms with Crippen LogP contribution >= 0.6 is 11.8 Å². The van der Waals surface area contributed by atoms with E-state index in [4.69, 9.17) is 4.74 Å². The van der Waals surface area contributed by atoms with Gasteiger partial charge in [0.1, 0.15) is 17.5 Å². The maximum absolute atomic E-state index is 13.2. The molecule has 5 nitrogen and oxygen atoms in total. The van der Waals surface area contributed by atoms with Crippen molar-refractivity contribution in [3.63, 3.8) is 0 Å². The third-order valence-electron chi connectivity index (χ3n) is 2.71. The summed E-state index contributed by atoms with van der Waals surface area (Å²) in [4.78, 5) is 12.3. The van der Waals surface area contributed by atoms with E-state index in [0.717, 1.165) is 0 Å². The van der Waals surface area contributed by atoms with Crippen molar-refractivity contribution in [1.29, 1.82) is 0 Å². The minimum atomic E-state index is -0.946. The predicted octanol–water partition coefficient (Wildman–Crippen LogP) is 2.85. The summed E-state index contributed by atoms with van der Waals surface area (Å²) < 4.78 is 18.4. The first-order chi connectivity index (χ1) is 10.2. The average molecular weight is 326 g/mol. The van der Waals surface area contributed by atoms with Crippen LogP contribution in [0, 0.1) is 5.82 Å². The minimum Gasteiger partial charge on any atom is -0.444 e. The van der Waals surface area contributed by atoms with Gasteiger partial charge in [0.2, 0.25) is 0 Å². The van der Waals surface area contributed by atoms with Gasteiger partial charge in [-0.1, -0.05) is 23.9 Å². The molecule has 2 unspecified atom stereocenters. The van der Waals surface area contributed by atoms with Crippen LogP contribution in [0.1, 0.15) is 32.4 Å². The maximum atomic E-state index is 13.2. The second-order valence-electron chi connectivity index (χ2n) is 5.82. The number of nitrogens with one attached hydrogen (secondary N) is 2. The first-order valence-corrected chi connectivity index (χ1v) is 7.68. The van der Waals surface area contributed by atoms with Gasteiger partial charge < -0.3 is 15.2 Å². The van der Waals surface area contributed by atoms with Crippen LogP contribution in [-0.4, -0.2) is 22.3 Å². The van der Waals surface area contributed by atoms with Crippen LogP contribution < -0.4 is 10.6 Å². The van der Waals surface area contributed by atoms with E-state index in [1.165, 1.54) is 30.0 Å². The van der Waals surface area contributed by atoms with Gasteiger partial charge in [0.05, 0.1) is 0 Å². The second kappa shape index (κ2) is 6.58. The van der Waals surface area contributed by atoms with Crippen LogP contribution in [0.4, 0.5) is 9.18 Å². The Morgan fingerprint density at radius 3 is 2.86 bits per heavy atom. The molecule has 1 amide bonds. The number of aliphatic hydroxyl groups is 1. The molecule has 1 aliphatic heterocycles. The van der Waals surface area contributed by atoms with Gasteiger partial charge in [0, 0.05) is 11.1 Å². The van der Waals surface area contributed by atoms with Crippen LogP contribution in [0.5, 0.6) is 0 Å². The lowest BCUT2D eigenvalue weighted by Gasteiger charge is -2.22. The van der Waals surface area contributed by atoms with Gasteiger partial charge in [-0.05, 0) is 38.5 Å². The fourth-order valence-electron chi connectivity index (χ4n) is 1.83. The van der Waals surface area contributed by atoms with Crippen LogP contribution in [0.2, 0.25) is 0 Å². The highest BCUT2D eigenvalue weighted by Crippen LogP contribution is 2.35. The molecule has 0 aromatic heterocycles. The molecular formula is C15H19FN2O3S. The topological polar surface area (TPSA) is 70.6 Å². The quantitative estimate of drug-likeness (QED) is 0.797. The van der Waals surface area contributed by atoms with Gasteiger partial charge in [-0.25, -0.2) is 9.18 Å². The predicted molar refractivity (Wildman–Crippen MR) is 83.3 cm³/mol. The summed E-state index contributed by atoms with van der Waals surface area (Å²) in [6, 6.07) is 5.78. The highest BCUT2D eigenvalue weighted by molar-refractivity contribution is 8.03. The number of hydrogen-bond acceptors (Lipinski definition) is 5. The zero-order valence-electron chi connectivity index (χ0n) is 12.6. The summed E-state index contributed by atoms with van der Waals surface area (Å²) in [6.45, 7) is 5.33. The highest BCUT2D eigenvalue weighted by atomic mass is 32.2. The number of halogens is 1. The summed E-state index contributed by atoms with van der Waals surface area (Å²) in [5, 5.41) is 15.8. The first kappa shape index (κ1) is 16.6. The molecule has 22 heavy (non-hydrogen) atoms. The number of alkyl carbamates (subject to hydrolysis) is 1. The van der Waals surface area contributed by atoms with Crippen molar-refractivity contribution in [2.24, 2.45) is 0 Å². The van der Waals surface area contributed by atoms with Crippen molar-refractivity contribution in [3.05, 3.63) is 46.8 Å². The molecule has 2 rings (SSSR count). The minimum absolute atomic E-state index is 0.406. The Bertz CT molecular complexity index is 586. The molecule has 1 heterocycles. The van der Waals surface area contributed by atoms with E-state index in [-0.39, 0.29) is 0 Å². The van der Waals surface area contributed by atoms with E-state index >= 15 is 0 Å². The molecule has 1 aromatic rings. The molecule has 1 aliphatic rings. The van der Waals surface area contributed by atoms with Gasteiger partial charge in [0.25, 0.3) is 0 Å². The first-order valence-electron chi connectivity index (χ1n) is 6.80. The van der Waals surface area contributed by atoms with Crippen LogP contribution in [-0.2, 0) is 4.74 Å². The van der Waals surface area contributed by atoms with Crippen LogP contribution in [0.3, 0.4) is 0 Å². The number of carbonyl (C=O) groups is 1. The molecule has 120 valence electrons. The molecule has 0 fully saturated rings. The number of rotatable bonds is 3. The molecule has 0 radical (unpaired) electrons. The fourth-order valence-corrected chi connectivity index (χ4v) is 2.80. The summed E-state index contributed by atoms with van der Waals surface area (Å²) >= 11 is 1.24. The molecule has 0 saturated carbocycles. The molecule has 1 aromatic carbocycles. The lowest BCUT2D eigenvalue weighted by atomic mass is 10.1. The van der Waals surface area contributed by atoms with Crippen molar-refractivity contribution in [1.82, 2.24) is 10.6 Å². The number of amides is 1. The van der Waals surface area contributed by atoms with E-state index in [9.17, 15) is 14.3 Å². The summed E-state index contributed by atoms with van der Waals surface area (Å²) in [5.41, 5.74) is -0.559. The van der Waals surface area contributed by atoms with E-state index in [1.54, 1.807) is 33.0 Å². The molecule has 3 N–H and O–H groups in total. The maximum Gasteiger partial charge on any atom is 0.409 e. The third kappa shape index (κ3) is 4.64. The van der Waals surface area contributed by atoms with Gasteiger partial charge in [-0.2, -0.15) is 0 Å². The number of benzene rings is 1. The Hall–Kier alpha value is -1.73. The van der Waals surface area contributed by atoms with Crippen LogP contribution in [0.25, 0.3) is 0 Å². The summed E-state index contributed by atoms with van der Waals surface area (Å²) in [6.07, 6.45) is 0.105. The van der Waals surface area contributed by atoms with Crippen molar-refractivity contribution in [2.45, 2.75) is 38.0 Å². The largest absolute Gasteiger partial charge is 0.444 e. The van der Waals surface area contributed by atoms with E-state index in [2.05, 4.69) is 10.6 Å². The third-order valence-corrected chi connectivity index (χ3v) is 3.82. The van der Waals surface area contributed by atoms with Gasteiger partial charge in [0.15, 0.2) is 5.50 Å². The van der Waals surface area contributed by atoms with Gasteiger partial charge in [-0.15, -0.1) is 0 Å². The van der Waals surface area contributed by atoms with E-state index in [0.29, 0.717) is 10.5 Å². The number of ether oxygens (including phenoxy) is 1. The second-order valence-corrected chi connectivity index (χ2v) is 6.99. The SMILES string of the molecule is CC(C)(C)OC(=O)NC1NC=C(C(O)c2cccc(F)c2)S1. The van der Waals surface area contributed by atoms with Gasteiger partial charge in [-0.3, -0.25) is 5.32 Å². The molecular weight excluding hydrogens is 307 g/mol. The molecule has 0 bridgehead atoms. The molecule has 0 spiro atoms. The number of carbonyl (C=O) groups excluding carboxylic acids is 1. The van der Waals surface area contributed by atoms with Crippen molar-refractivity contribution in [2.75, 3.05) is 0 Å². The molecule has 0 saturated heterocycles. The Morgan fingerprint density at radius 1 is 1.50 bits per heavy atom. The Morgan fingerprint density at radius 2 is 2.23 bits per heavy atom. The highest BCUT2D eigenvalue weighted by Gasteiger charge is 2.26. The lowest BCUT2D eigenvalue weighted by Crippen LogP contribution is -2.41. The smallest absolute Gasteiger partial charge is 0.409 e. The summed E-state index contributed by atoms with van der Waals surface area (Å²) in [7, 11) is 0. The zero-order chi connectivity index (χ0) is 16.3. The average Bonchev–Trinajstić information content (AvgIpc) is 2.84. The van der Waals surface area contributed by atoms with E-state index < -0.39 is 29.1 Å². The van der Waals surface area contributed by atoms with E-state index in [1.807, 2.05) is 0 Å². The Kier molecular flexibility index (Phi) is 4.97. The van der Waals surface area contributed by atoms with Gasteiger partial charge >= 0.3 is 6.09 Å². The van der Waals surface area contributed by atoms with Crippen molar-refractivity contribution in [3.8, 4) is 0 Å². The Labute approximate surface area is 132 Å². The zero-order valence-corrected chi connectivity index (χ0v) is 13.4. The standard InChI is InChI=1S/C15H19FN2O3S/c1-15(2,3)21-14(20)18-13-17-8-11(22-13)12(19)9-5-4-6-10(16)7-9/h4-8,12-13,17,19H,1-3H3,(H,18,20). The monoisotopic (exact) mass is 326 g/mol. The number of aliphatic hydroxyl groups excluding tert-OH is 1. The number of hydrogen-bond donors (Lipinski definition) is 3. The van der Waals surface area contributed by atoms with Crippen molar-refractivity contribution < 1.29 is 19.0 Å². The lowest BCUT2D eigenvalue weighted by molar-refractivity contribution is 0.0519. The Balaban J connectivity index is 1.91.